The van der Waals surface area contributed by atoms with E-state index in [9.17, 15) is 0 Å². The summed E-state index contributed by atoms with van der Waals surface area (Å²) >= 11 is 1.65. The van der Waals surface area contributed by atoms with Crippen LogP contribution in [-0.4, -0.2) is 37.3 Å². The van der Waals surface area contributed by atoms with Gasteiger partial charge in [-0.25, -0.2) is 9.97 Å². The molecule has 6 nitrogen and oxygen atoms in total. The van der Waals surface area contributed by atoms with E-state index in [1.165, 1.54) is 11.9 Å². The number of aromatic nitrogens is 2. The Bertz CT molecular complexity index is 824. The molecular formula is C21H26N4O2S. The number of benzene rings is 1. The fourth-order valence-corrected chi connectivity index (χ4v) is 3.03. The van der Waals surface area contributed by atoms with Gasteiger partial charge in [-0.2, -0.15) is 0 Å². The van der Waals surface area contributed by atoms with Crippen LogP contribution in [0, 0.1) is 0 Å². The lowest BCUT2D eigenvalue weighted by Crippen LogP contribution is -2.11. The third-order valence-corrected chi connectivity index (χ3v) is 4.61. The average Bonchev–Trinajstić information content (AvgIpc) is 2.72. The molecule has 28 heavy (non-hydrogen) atoms. The number of ether oxygens (including phenoxy) is 2. The normalized spacial score (nSPS) is 11.1. The fraction of sp³-hybridized carbons (Fsp3) is 0.238. The van der Waals surface area contributed by atoms with Crippen molar-refractivity contribution in [3.63, 3.8) is 0 Å². The molecule has 1 heterocycles. The predicted molar refractivity (Wildman–Crippen MR) is 117 cm³/mol. The number of nitrogens with one attached hydrogen (secondary N) is 2. The molecular weight excluding hydrogens is 372 g/mol. The Morgan fingerprint density at radius 1 is 1.25 bits per heavy atom. The van der Waals surface area contributed by atoms with Gasteiger partial charge in [-0.1, -0.05) is 43.3 Å². The summed E-state index contributed by atoms with van der Waals surface area (Å²) in [6.07, 6.45) is 5.00. The van der Waals surface area contributed by atoms with E-state index < -0.39 is 0 Å². The molecule has 2 N–H and O–H groups in total. The molecule has 0 saturated heterocycles. The van der Waals surface area contributed by atoms with Crippen LogP contribution in [0.2, 0.25) is 0 Å². The van der Waals surface area contributed by atoms with Crippen LogP contribution in [-0.2, 0) is 15.2 Å². The molecule has 0 fully saturated rings. The van der Waals surface area contributed by atoms with Crippen LogP contribution in [0.5, 0.6) is 0 Å². The molecule has 0 unspecified atom stereocenters. The van der Waals surface area contributed by atoms with E-state index in [1.54, 1.807) is 32.2 Å². The van der Waals surface area contributed by atoms with Gasteiger partial charge in [0.2, 0.25) is 0 Å². The first-order chi connectivity index (χ1) is 13.7. The second-order valence-corrected chi connectivity index (χ2v) is 6.60. The average molecular weight is 399 g/mol. The van der Waals surface area contributed by atoms with Crippen LogP contribution in [0.15, 0.2) is 67.7 Å². The Labute approximate surface area is 170 Å². The standard InChI is InChI=1S/C21H26N4O2S/c1-5-7-19(16(2)27-4)20-13-21(23-15-22-20)25-18-9-6-8-17(12-18)14-28-24-10-11-26-3/h5-9,12-13,15,24H,1-2,10-11,14H2,3-4H3,(H,22,23,25)/b19-7+. The Morgan fingerprint density at radius 3 is 2.86 bits per heavy atom. The van der Waals surface area contributed by atoms with Crippen LogP contribution in [0.3, 0.4) is 0 Å². The van der Waals surface area contributed by atoms with Crippen molar-refractivity contribution < 1.29 is 9.47 Å². The molecule has 7 heteroatoms. The van der Waals surface area contributed by atoms with Gasteiger partial charge >= 0.3 is 0 Å². The maximum Gasteiger partial charge on any atom is 0.134 e. The molecule has 1 aromatic heterocycles. The van der Waals surface area contributed by atoms with Gasteiger partial charge in [-0.15, -0.1) is 0 Å². The number of rotatable bonds is 12. The van der Waals surface area contributed by atoms with Gasteiger partial charge < -0.3 is 14.8 Å². The van der Waals surface area contributed by atoms with Gasteiger partial charge in [0.05, 0.1) is 19.4 Å². The van der Waals surface area contributed by atoms with Gasteiger partial charge in [0.1, 0.15) is 17.9 Å². The molecule has 2 rings (SSSR count). The van der Waals surface area contributed by atoms with Gasteiger partial charge in [-0.3, -0.25) is 4.72 Å². The summed E-state index contributed by atoms with van der Waals surface area (Å²) in [6, 6.07) is 10.1. The van der Waals surface area contributed by atoms with Crippen molar-refractivity contribution in [3.05, 3.63) is 79.0 Å². The van der Waals surface area contributed by atoms with E-state index in [0.29, 0.717) is 23.9 Å². The molecule has 1 aromatic carbocycles. The predicted octanol–water partition coefficient (Wildman–Crippen LogP) is 4.33. The van der Waals surface area contributed by atoms with Crippen LogP contribution < -0.4 is 10.0 Å². The van der Waals surface area contributed by atoms with Crippen molar-refractivity contribution in [1.82, 2.24) is 14.7 Å². The van der Waals surface area contributed by atoms with E-state index in [4.69, 9.17) is 9.47 Å². The topological polar surface area (TPSA) is 68.3 Å². The Hall–Kier alpha value is -2.61. The van der Waals surface area contributed by atoms with E-state index in [1.807, 2.05) is 24.3 Å². The summed E-state index contributed by atoms with van der Waals surface area (Å²) < 4.78 is 13.5. The molecule has 0 atom stereocenters. The van der Waals surface area contributed by atoms with Crippen LogP contribution >= 0.6 is 11.9 Å². The summed E-state index contributed by atoms with van der Waals surface area (Å²) in [5, 5.41) is 3.33. The van der Waals surface area contributed by atoms with Crippen molar-refractivity contribution in [3.8, 4) is 0 Å². The second kappa shape index (κ2) is 12.0. The molecule has 0 bridgehead atoms. The van der Waals surface area contributed by atoms with Gasteiger partial charge in [0, 0.05) is 36.7 Å². The third-order valence-electron chi connectivity index (χ3n) is 3.72. The zero-order chi connectivity index (χ0) is 20.2. The molecule has 2 aromatic rings. The zero-order valence-electron chi connectivity index (χ0n) is 16.3. The number of methoxy groups -OCH3 is 2. The van der Waals surface area contributed by atoms with Crippen LogP contribution in [0.4, 0.5) is 11.5 Å². The van der Waals surface area contributed by atoms with Gasteiger partial charge in [0.25, 0.3) is 0 Å². The third kappa shape index (κ3) is 6.84. The summed E-state index contributed by atoms with van der Waals surface area (Å²) in [6.45, 7) is 9.16. The maximum atomic E-state index is 5.25. The monoisotopic (exact) mass is 398 g/mol. The minimum atomic E-state index is 0.518. The van der Waals surface area contributed by atoms with Crippen LogP contribution in [0.25, 0.3) is 5.57 Å². The Morgan fingerprint density at radius 2 is 2.11 bits per heavy atom. The van der Waals surface area contributed by atoms with Gasteiger partial charge in [-0.05, 0) is 23.8 Å². The number of nitrogens with zero attached hydrogens (tertiary/aromatic N) is 2. The van der Waals surface area contributed by atoms with E-state index in [2.05, 4.69) is 45.3 Å². The SMILES string of the molecule is C=C/C=C(\C(=C)OC)c1cc(Nc2cccc(CSNCCOC)c2)ncn1. The highest BCUT2D eigenvalue weighted by atomic mass is 32.2. The summed E-state index contributed by atoms with van der Waals surface area (Å²) in [7, 11) is 3.27. The first-order valence-electron chi connectivity index (χ1n) is 8.76. The number of allylic oxidation sites excluding steroid dienone is 3. The summed E-state index contributed by atoms with van der Waals surface area (Å²) in [4.78, 5) is 8.63. The quantitative estimate of drug-likeness (QED) is 0.239. The smallest absolute Gasteiger partial charge is 0.134 e. The minimum absolute atomic E-state index is 0.518. The number of hydrogen-bond donors (Lipinski definition) is 2. The largest absolute Gasteiger partial charge is 0.497 e. The molecule has 0 amide bonds. The Balaban J connectivity index is 2.07. The minimum Gasteiger partial charge on any atom is -0.497 e. The highest BCUT2D eigenvalue weighted by molar-refractivity contribution is 7.96. The summed E-state index contributed by atoms with van der Waals surface area (Å²) in [5.41, 5.74) is 3.63. The van der Waals surface area contributed by atoms with E-state index >= 15 is 0 Å². The molecule has 148 valence electrons. The lowest BCUT2D eigenvalue weighted by Gasteiger charge is -2.11. The number of anilines is 2. The molecule has 0 aliphatic rings. The lowest BCUT2D eigenvalue weighted by atomic mass is 10.1. The fourth-order valence-electron chi connectivity index (χ4n) is 2.36. The van der Waals surface area contributed by atoms with E-state index in [0.717, 1.165) is 23.6 Å². The summed E-state index contributed by atoms with van der Waals surface area (Å²) in [5.74, 6) is 2.06. The molecule has 0 spiro atoms. The highest BCUT2D eigenvalue weighted by Gasteiger charge is 2.09. The first-order valence-corrected chi connectivity index (χ1v) is 9.74. The molecule has 0 aliphatic carbocycles. The lowest BCUT2D eigenvalue weighted by molar-refractivity contribution is 0.205. The van der Waals surface area contributed by atoms with E-state index in [-0.39, 0.29) is 0 Å². The van der Waals surface area contributed by atoms with Crippen LogP contribution in [0.1, 0.15) is 11.3 Å². The molecule has 0 aliphatic heterocycles. The molecule has 0 saturated carbocycles. The highest BCUT2D eigenvalue weighted by Crippen LogP contribution is 2.24. The molecule has 0 radical (unpaired) electrons. The first kappa shape index (κ1) is 21.7. The number of hydrogen-bond acceptors (Lipinski definition) is 7. The zero-order valence-corrected chi connectivity index (χ0v) is 17.1. The van der Waals surface area contributed by atoms with Gasteiger partial charge in [0.15, 0.2) is 0 Å². The van der Waals surface area contributed by atoms with Crippen molar-refractivity contribution in [1.29, 1.82) is 0 Å². The maximum absolute atomic E-state index is 5.25. The second-order valence-electron chi connectivity index (χ2n) is 5.73. The Kier molecular flexibility index (Phi) is 9.27. The van der Waals surface area contributed by atoms with Crippen molar-refractivity contribution in [2.24, 2.45) is 0 Å². The van der Waals surface area contributed by atoms with Crippen molar-refractivity contribution in [2.75, 3.05) is 32.7 Å². The van der Waals surface area contributed by atoms with Crippen molar-refractivity contribution in [2.45, 2.75) is 5.75 Å². The van der Waals surface area contributed by atoms with Crippen molar-refractivity contribution >= 4 is 29.0 Å².